The van der Waals surface area contributed by atoms with E-state index in [0.717, 1.165) is 23.5 Å². The van der Waals surface area contributed by atoms with Crippen molar-refractivity contribution in [3.05, 3.63) is 24.3 Å². The Kier molecular flexibility index (Phi) is 5.88. The lowest BCUT2D eigenvalue weighted by atomic mass is 10.4. The summed E-state index contributed by atoms with van der Waals surface area (Å²) in [6.45, 7) is 12.2. The van der Waals surface area contributed by atoms with Gasteiger partial charge < -0.3 is 0 Å². The van der Waals surface area contributed by atoms with Gasteiger partial charge in [0.1, 0.15) is 0 Å². The Morgan fingerprint density at radius 2 is 1.29 bits per heavy atom. The number of rotatable bonds is 4. The molecule has 0 atom stereocenters. The first kappa shape index (κ1) is 13.5. The van der Waals surface area contributed by atoms with E-state index in [2.05, 4.69) is 13.2 Å². The molecular weight excluding hydrogens is 216 g/mol. The van der Waals surface area contributed by atoms with E-state index in [1.807, 2.05) is 6.92 Å². The molecule has 0 unspecified atom stereocenters. The fourth-order valence-electron chi connectivity index (χ4n) is 0.527. The first-order valence-electron chi connectivity index (χ1n) is 4.07. The lowest BCUT2D eigenvalue weighted by Crippen LogP contribution is -2.03. The number of carbonyl (C=O) groups is 2. The standard InChI is InChI=1S/C10H14O2S2/c1-6(2)9(11)13-8(5)14-10(12)7(3)4/h8H,1,3H2,2,4-5H3. The third-order valence-electron chi connectivity index (χ3n) is 1.24. The van der Waals surface area contributed by atoms with Crippen molar-refractivity contribution in [2.45, 2.75) is 25.4 Å². The van der Waals surface area contributed by atoms with E-state index < -0.39 is 0 Å². The molecule has 0 amide bonds. The minimum atomic E-state index is -0.0941. The molecule has 14 heavy (non-hydrogen) atoms. The number of hydrogen-bond donors (Lipinski definition) is 0. The van der Waals surface area contributed by atoms with Crippen molar-refractivity contribution in [3.63, 3.8) is 0 Å². The summed E-state index contributed by atoms with van der Waals surface area (Å²) in [5, 5.41) is -0.140. The summed E-state index contributed by atoms with van der Waals surface area (Å²) in [6, 6.07) is 0. The van der Waals surface area contributed by atoms with Gasteiger partial charge in [0.05, 0.1) is 4.58 Å². The van der Waals surface area contributed by atoms with Gasteiger partial charge in [0.2, 0.25) is 10.2 Å². The average molecular weight is 230 g/mol. The molecule has 0 aromatic heterocycles. The summed E-state index contributed by atoms with van der Waals surface area (Å²) in [6.07, 6.45) is 0. The first-order valence-corrected chi connectivity index (χ1v) is 5.83. The summed E-state index contributed by atoms with van der Waals surface area (Å²) in [5.41, 5.74) is 1.01. The molecule has 0 aliphatic rings. The maximum absolute atomic E-state index is 11.2. The summed E-state index contributed by atoms with van der Waals surface area (Å²) in [7, 11) is 0. The molecule has 0 bridgehead atoms. The van der Waals surface area contributed by atoms with Crippen molar-refractivity contribution in [1.29, 1.82) is 0 Å². The zero-order chi connectivity index (χ0) is 11.3. The van der Waals surface area contributed by atoms with Gasteiger partial charge in [0.25, 0.3) is 0 Å². The van der Waals surface area contributed by atoms with Crippen LogP contribution >= 0.6 is 23.5 Å². The lowest BCUT2D eigenvalue weighted by molar-refractivity contribution is -0.108. The van der Waals surface area contributed by atoms with E-state index in [0.29, 0.717) is 11.1 Å². The monoisotopic (exact) mass is 230 g/mol. The van der Waals surface area contributed by atoms with Crippen LogP contribution in [0.25, 0.3) is 0 Å². The predicted molar refractivity (Wildman–Crippen MR) is 64.3 cm³/mol. The van der Waals surface area contributed by atoms with Gasteiger partial charge in [-0.25, -0.2) is 0 Å². The Morgan fingerprint density at radius 3 is 1.50 bits per heavy atom. The summed E-state index contributed by atoms with van der Waals surface area (Å²) in [5.74, 6) is 0. The van der Waals surface area contributed by atoms with Crippen LogP contribution in [-0.4, -0.2) is 14.8 Å². The molecule has 0 aromatic rings. The van der Waals surface area contributed by atoms with Gasteiger partial charge >= 0.3 is 0 Å². The van der Waals surface area contributed by atoms with E-state index in [-0.39, 0.29) is 14.8 Å². The fourth-order valence-corrected chi connectivity index (χ4v) is 2.25. The van der Waals surface area contributed by atoms with Crippen LogP contribution in [0.1, 0.15) is 20.8 Å². The van der Waals surface area contributed by atoms with Crippen LogP contribution in [0, 0.1) is 0 Å². The van der Waals surface area contributed by atoms with Crippen molar-refractivity contribution in [1.82, 2.24) is 0 Å². The molecule has 0 saturated heterocycles. The highest BCUT2D eigenvalue weighted by Gasteiger charge is 2.15. The molecule has 0 heterocycles. The number of carbonyl (C=O) groups excluding carboxylic acids is 2. The molecule has 78 valence electrons. The minimum Gasteiger partial charge on any atom is -0.282 e. The van der Waals surface area contributed by atoms with Crippen LogP contribution in [0.2, 0.25) is 0 Å². The van der Waals surface area contributed by atoms with Gasteiger partial charge in [-0.3, -0.25) is 9.59 Å². The zero-order valence-corrected chi connectivity index (χ0v) is 10.3. The van der Waals surface area contributed by atoms with Crippen LogP contribution in [-0.2, 0) is 9.59 Å². The Balaban J connectivity index is 4.05. The van der Waals surface area contributed by atoms with Gasteiger partial charge in [-0.15, -0.1) is 0 Å². The van der Waals surface area contributed by atoms with E-state index >= 15 is 0 Å². The second-order valence-corrected chi connectivity index (χ2v) is 5.86. The maximum atomic E-state index is 11.2. The van der Waals surface area contributed by atoms with Gasteiger partial charge in [-0.1, -0.05) is 36.7 Å². The molecule has 0 spiro atoms. The number of hydrogen-bond acceptors (Lipinski definition) is 4. The van der Waals surface area contributed by atoms with Crippen LogP contribution in [0.4, 0.5) is 0 Å². The number of thioether (sulfide) groups is 2. The van der Waals surface area contributed by atoms with Crippen molar-refractivity contribution in [2.24, 2.45) is 0 Å². The topological polar surface area (TPSA) is 34.1 Å². The largest absolute Gasteiger partial charge is 0.282 e. The molecule has 0 radical (unpaired) electrons. The molecule has 0 aromatic carbocycles. The van der Waals surface area contributed by atoms with Gasteiger partial charge in [0, 0.05) is 0 Å². The van der Waals surface area contributed by atoms with Gasteiger partial charge in [-0.05, 0) is 31.9 Å². The van der Waals surface area contributed by atoms with E-state index in [1.54, 1.807) is 13.8 Å². The van der Waals surface area contributed by atoms with E-state index in [4.69, 9.17) is 0 Å². The molecular formula is C10H14O2S2. The van der Waals surface area contributed by atoms with Crippen molar-refractivity contribution < 1.29 is 9.59 Å². The molecule has 0 saturated carbocycles. The highest BCUT2D eigenvalue weighted by atomic mass is 32.2. The molecule has 0 fully saturated rings. The summed E-state index contributed by atoms with van der Waals surface area (Å²) in [4.78, 5) is 22.4. The second kappa shape index (κ2) is 6.09. The lowest BCUT2D eigenvalue weighted by Gasteiger charge is -2.07. The predicted octanol–water partition coefficient (Wildman–Crippen LogP) is 3.00. The Bertz CT molecular complexity index is 254. The third kappa shape index (κ3) is 5.29. The SMILES string of the molecule is C=C(C)C(=O)SC(C)SC(=O)C(=C)C. The highest BCUT2D eigenvalue weighted by molar-refractivity contribution is 8.30. The highest BCUT2D eigenvalue weighted by Crippen LogP contribution is 2.27. The van der Waals surface area contributed by atoms with Crippen molar-refractivity contribution in [2.75, 3.05) is 0 Å². The summed E-state index contributed by atoms with van der Waals surface area (Å²) >= 11 is 2.23. The molecule has 0 aliphatic heterocycles. The Morgan fingerprint density at radius 1 is 1.00 bits per heavy atom. The molecule has 0 N–H and O–H groups in total. The van der Waals surface area contributed by atoms with Gasteiger partial charge in [0.15, 0.2) is 0 Å². The third-order valence-corrected chi connectivity index (χ3v) is 3.61. The maximum Gasteiger partial charge on any atom is 0.215 e. The van der Waals surface area contributed by atoms with Crippen LogP contribution < -0.4 is 0 Å². The smallest absolute Gasteiger partial charge is 0.215 e. The molecule has 0 aliphatic carbocycles. The average Bonchev–Trinajstić information content (AvgIpc) is 2.03. The molecule has 0 rings (SSSR count). The van der Waals surface area contributed by atoms with E-state index in [1.165, 1.54) is 0 Å². The van der Waals surface area contributed by atoms with Crippen LogP contribution in [0.3, 0.4) is 0 Å². The second-order valence-electron chi connectivity index (χ2n) is 2.94. The minimum absolute atomic E-state index is 0.0699. The zero-order valence-electron chi connectivity index (χ0n) is 8.62. The Labute approximate surface area is 93.2 Å². The molecule has 4 heteroatoms. The van der Waals surface area contributed by atoms with Crippen molar-refractivity contribution >= 4 is 33.8 Å². The molecule has 2 nitrogen and oxygen atoms in total. The van der Waals surface area contributed by atoms with Gasteiger partial charge in [-0.2, -0.15) is 0 Å². The van der Waals surface area contributed by atoms with Crippen molar-refractivity contribution in [3.8, 4) is 0 Å². The quantitative estimate of drug-likeness (QED) is 0.549. The van der Waals surface area contributed by atoms with E-state index in [9.17, 15) is 9.59 Å². The normalized spacial score (nSPS) is 10.0. The van der Waals surface area contributed by atoms with Crippen LogP contribution in [0.15, 0.2) is 24.3 Å². The first-order chi connectivity index (χ1) is 6.34. The summed E-state index contributed by atoms with van der Waals surface area (Å²) < 4.78 is -0.0941. The van der Waals surface area contributed by atoms with Crippen LogP contribution in [0.5, 0.6) is 0 Å². The fraction of sp³-hybridized carbons (Fsp3) is 0.400. The Hall–Kier alpha value is -0.480.